The van der Waals surface area contributed by atoms with Crippen molar-refractivity contribution in [1.82, 2.24) is 19.8 Å². The number of fused-ring (bicyclic) bond motifs is 1. The summed E-state index contributed by atoms with van der Waals surface area (Å²) in [5, 5.41) is 12.3. The van der Waals surface area contributed by atoms with Gasteiger partial charge in [-0.2, -0.15) is 5.10 Å². The molecule has 0 fully saturated rings. The Morgan fingerprint density at radius 2 is 2.22 bits per heavy atom. The van der Waals surface area contributed by atoms with Gasteiger partial charge >= 0.3 is 0 Å². The van der Waals surface area contributed by atoms with E-state index >= 15 is 0 Å². The summed E-state index contributed by atoms with van der Waals surface area (Å²) in [5.74, 6) is 0.517. The molecule has 5 rings (SSSR count). The van der Waals surface area contributed by atoms with E-state index in [1.807, 2.05) is 23.2 Å². The Bertz CT molecular complexity index is 1050. The van der Waals surface area contributed by atoms with Crippen molar-refractivity contribution in [3.05, 3.63) is 80.3 Å². The number of thiophene rings is 2. The van der Waals surface area contributed by atoms with Crippen LogP contribution in [0, 0.1) is 0 Å². The Labute approximate surface area is 163 Å². The Morgan fingerprint density at radius 1 is 1.26 bits per heavy atom. The third kappa shape index (κ3) is 3.00. The molecule has 0 radical (unpaired) electrons. The first-order chi connectivity index (χ1) is 13.3. The predicted molar refractivity (Wildman–Crippen MR) is 103 cm³/mol. The van der Waals surface area contributed by atoms with Gasteiger partial charge < -0.3 is 9.42 Å². The lowest BCUT2D eigenvalue weighted by Gasteiger charge is -2.34. The Hall–Kier alpha value is -2.71. The average Bonchev–Trinajstić information content (AvgIpc) is 3.48. The highest BCUT2D eigenvalue weighted by atomic mass is 32.1. The zero-order valence-corrected chi connectivity index (χ0v) is 15.9. The van der Waals surface area contributed by atoms with Crippen LogP contribution >= 0.6 is 22.7 Å². The third-order valence-corrected chi connectivity index (χ3v) is 6.62. The Balaban J connectivity index is 1.44. The zero-order chi connectivity index (χ0) is 18.2. The Morgan fingerprint density at radius 3 is 3.04 bits per heavy atom. The molecule has 0 aromatic carbocycles. The van der Waals surface area contributed by atoms with Gasteiger partial charge in [-0.3, -0.25) is 9.48 Å². The summed E-state index contributed by atoms with van der Waals surface area (Å²) in [4.78, 5) is 17.7. The standard InChI is InChI=1S/C19H16N4O2S2/c24-19(15-11-13(25-21-15)12-22-7-2-6-20-22)23-8-4-16-14(5-10-27-16)18(23)17-3-1-9-26-17/h1-3,5-7,9-11,18H,4,8,12H2. The van der Waals surface area contributed by atoms with Crippen LogP contribution in [0.3, 0.4) is 0 Å². The largest absolute Gasteiger partial charge is 0.359 e. The van der Waals surface area contributed by atoms with Crippen LogP contribution in [0.1, 0.15) is 37.6 Å². The molecule has 1 aliphatic heterocycles. The van der Waals surface area contributed by atoms with Crippen molar-refractivity contribution in [1.29, 1.82) is 0 Å². The van der Waals surface area contributed by atoms with Crippen LogP contribution in [0.5, 0.6) is 0 Å². The van der Waals surface area contributed by atoms with Gasteiger partial charge in [-0.15, -0.1) is 22.7 Å². The maximum atomic E-state index is 13.2. The highest BCUT2D eigenvalue weighted by molar-refractivity contribution is 7.10. The highest BCUT2D eigenvalue weighted by Gasteiger charge is 2.35. The molecule has 136 valence electrons. The van der Waals surface area contributed by atoms with E-state index in [-0.39, 0.29) is 11.9 Å². The number of hydrogen-bond donors (Lipinski definition) is 0. The molecule has 0 bridgehead atoms. The van der Waals surface area contributed by atoms with E-state index in [2.05, 4.69) is 33.1 Å². The van der Waals surface area contributed by atoms with Crippen LogP contribution in [0.15, 0.2) is 58.0 Å². The molecule has 1 unspecified atom stereocenters. The van der Waals surface area contributed by atoms with Gasteiger partial charge in [0.05, 0.1) is 6.04 Å². The first-order valence-electron chi connectivity index (χ1n) is 8.63. The molecular formula is C19H16N4O2S2. The molecule has 1 aliphatic rings. The van der Waals surface area contributed by atoms with Crippen LogP contribution in [0.25, 0.3) is 0 Å². The molecule has 4 aromatic rings. The molecule has 0 saturated carbocycles. The minimum atomic E-state index is -0.0966. The lowest BCUT2D eigenvalue weighted by Crippen LogP contribution is -2.39. The first-order valence-corrected chi connectivity index (χ1v) is 10.4. The zero-order valence-electron chi connectivity index (χ0n) is 14.3. The number of amides is 1. The number of hydrogen-bond acceptors (Lipinski definition) is 6. The van der Waals surface area contributed by atoms with Crippen molar-refractivity contribution in [2.24, 2.45) is 0 Å². The first kappa shape index (κ1) is 16.5. The van der Waals surface area contributed by atoms with Crippen LogP contribution in [0.2, 0.25) is 0 Å². The summed E-state index contributed by atoms with van der Waals surface area (Å²) in [5.41, 5.74) is 1.57. The van der Waals surface area contributed by atoms with E-state index in [1.165, 1.54) is 15.3 Å². The van der Waals surface area contributed by atoms with Crippen LogP contribution in [0.4, 0.5) is 0 Å². The second-order valence-electron chi connectivity index (χ2n) is 6.35. The molecule has 6 nitrogen and oxygen atoms in total. The van der Waals surface area contributed by atoms with E-state index in [4.69, 9.17) is 4.52 Å². The molecule has 0 spiro atoms. The van der Waals surface area contributed by atoms with Gasteiger partial charge in [0.15, 0.2) is 11.5 Å². The summed E-state index contributed by atoms with van der Waals surface area (Å²) in [6.07, 6.45) is 4.43. The normalized spacial score (nSPS) is 16.4. The van der Waals surface area contributed by atoms with Crippen LogP contribution in [-0.4, -0.2) is 32.3 Å². The topological polar surface area (TPSA) is 64.2 Å². The fourth-order valence-electron chi connectivity index (χ4n) is 3.48. The van der Waals surface area contributed by atoms with Gasteiger partial charge in [-0.25, -0.2) is 0 Å². The SMILES string of the molecule is O=C(c1cc(Cn2cccn2)on1)N1CCc2sccc2C1c1cccs1. The summed E-state index contributed by atoms with van der Waals surface area (Å²) < 4.78 is 7.11. The van der Waals surface area contributed by atoms with Gasteiger partial charge in [-0.05, 0) is 40.9 Å². The van der Waals surface area contributed by atoms with Crippen molar-refractivity contribution in [2.75, 3.05) is 6.54 Å². The quantitative estimate of drug-likeness (QED) is 0.526. The van der Waals surface area contributed by atoms with Crippen molar-refractivity contribution >= 4 is 28.6 Å². The minimum absolute atomic E-state index is 0.0567. The smallest absolute Gasteiger partial charge is 0.276 e. The van der Waals surface area contributed by atoms with Crippen molar-refractivity contribution < 1.29 is 9.32 Å². The number of nitrogens with zero attached hydrogens (tertiary/aromatic N) is 4. The molecule has 0 aliphatic carbocycles. The van der Waals surface area contributed by atoms with Crippen LogP contribution < -0.4 is 0 Å². The van der Waals surface area contributed by atoms with Gasteiger partial charge in [0.2, 0.25) is 0 Å². The summed E-state index contributed by atoms with van der Waals surface area (Å²) >= 11 is 3.44. The second-order valence-corrected chi connectivity index (χ2v) is 8.33. The number of carbonyl (C=O) groups is 1. The van der Waals surface area contributed by atoms with Crippen molar-refractivity contribution in [2.45, 2.75) is 19.0 Å². The van der Waals surface area contributed by atoms with Gasteiger partial charge in [0.25, 0.3) is 5.91 Å². The van der Waals surface area contributed by atoms with Gasteiger partial charge in [0, 0.05) is 34.8 Å². The summed E-state index contributed by atoms with van der Waals surface area (Å²) in [7, 11) is 0. The predicted octanol–water partition coefficient (Wildman–Crippen LogP) is 3.83. The molecular weight excluding hydrogens is 380 g/mol. The lowest BCUT2D eigenvalue weighted by molar-refractivity contribution is 0.0688. The number of aromatic nitrogens is 3. The van der Waals surface area contributed by atoms with Gasteiger partial charge in [0.1, 0.15) is 6.54 Å². The Kier molecular flexibility index (Phi) is 4.14. The van der Waals surface area contributed by atoms with E-state index in [9.17, 15) is 4.79 Å². The van der Waals surface area contributed by atoms with Crippen molar-refractivity contribution in [3.8, 4) is 0 Å². The molecule has 1 amide bonds. The van der Waals surface area contributed by atoms with E-state index in [0.717, 1.165) is 6.42 Å². The molecule has 1 atom stereocenters. The average molecular weight is 396 g/mol. The highest BCUT2D eigenvalue weighted by Crippen LogP contribution is 2.40. The molecule has 5 heterocycles. The summed E-state index contributed by atoms with van der Waals surface area (Å²) in [6, 6.07) is 9.77. The lowest BCUT2D eigenvalue weighted by atomic mass is 9.98. The fraction of sp³-hybridized carbons (Fsp3) is 0.211. The molecule has 0 saturated heterocycles. The van der Waals surface area contributed by atoms with Gasteiger partial charge in [-0.1, -0.05) is 11.2 Å². The molecule has 0 N–H and O–H groups in total. The maximum absolute atomic E-state index is 13.2. The number of carbonyl (C=O) groups excluding carboxylic acids is 1. The minimum Gasteiger partial charge on any atom is -0.359 e. The van der Waals surface area contributed by atoms with E-state index < -0.39 is 0 Å². The second kappa shape index (κ2) is 6.79. The third-order valence-electron chi connectivity index (χ3n) is 4.69. The number of rotatable bonds is 4. The van der Waals surface area contributed by atoms with E-state index in [0.29, 0.717) is 24.5 Å². The van der Waals surface area contributed by atoms with Crippen molar-refractivity contribution in [3.63, 3.8) is 0 Å². The fourth-order valence-corrected chi connectivity index (χ4v) is 5.24. The molecule has 4 aromatic heterocycles. The maximum Gasteiger partial charge on any atom is 0.276 e. The van der Waals surface area contributed by atoms with Crippen LogP contribution in [-0.2, 0) is 13.0 Å². The monoisotopic (exact) mass is 396 g/mol. The molecule has 8 heteroatoms. The summed E-state index contributed by atoms with van der Waals surface area (Å²) in [6.45, 7) is 1.13. The van der Waals surface area contributed by atoms with E-state index in [1.54, 1.807) is 39.6 Å². The molecule has 27 heavy (non-hydrogen) atoms.